The van der Waals surface area contributed by atoms with Gasteiger partial charge in [-0.05, 0) is 0 Å². The van der Waals surface area contributed by atoms with Gasteiger partial charge in [0.2, 0.25) is 0 Å². The van der Waals surface area contributed by atoms with E-state index in [1.807, 2.05) is 23.5 Å². The molecule has 2 heterocycles. The van der Waals surface area contributed by atoms with Crippen molar-refractivity contribution in [2.45, 2.75) is 22.7 Å². The van der Waals surface area contributed by atoms with E-state index < -0.39 is 0 Å². The van der Waals surface area contributed by atoms with Crippen molar-refractivity contribution in [3.8, 4) is 0 Å². The summed E-state index contributed by atoms with van der Waals surface area (Å²) in [6, 6.07) is 0. The Kier molecular flexibility index (Phi) is 2.89. The maximum Gasteiger partial charge on any atom is 0.0970 e. The Labute approximate surface area is 81.8 Å². The topological polar surface area (TPSA) is 18.5 Å². The molecule has 2 saturated heterocycles. The SMILES string of the molecule is CO[C@H]([C@H](OC)[C@H]1CS1)[C@@H]1CS1. The van der Waals surface area contributed by atoms with Gasteiger partial charge in [0.15, 0.2) is 0 Å². The van der Waals surface area contributed by atoms with Gasteiger partial charge in [-0.2, -0.15) is 23.5 Å². The highest BCUT2D eigenvalue weighted by atomic mass is 32.2. The van der Waals surface area contributed by atoms with Gasteiger partial charge in [-0.3, -0.25) is 0 Å². The third-order valence-electron chi connectivity index (χ3n) is 2.32. The molecule has 4 atom stereocenters. The number of thioether (sulfide) groups is 2. The molecule has 0 aromatic heterocycles. The Morgan fingerprint density at radius 3 is 1.50 bits per heavy atom. The van der Waals surface area contributed by atoms with Crippen LogP contribution in [0, 0.1) is 0 Å². The van der Waals surface area contributed by atoms with Crippen LogP contribution in [0.4, 0.5) is 0 Å². The number of hydrogen-bond acceptors (Lipinski definition) is 4. The Hall–Kier alpha value is 0.620. The molecule has 70 valence electrons. The summed E-state index contributed by atoms with van der Waals surface area (Å²) in [5, 5.41) is 1.39. The van der Waals surface area contributed by atoms with Crippen molar-refractivity contribution < 1.29 is 9.47 Å². The summed E-state index contributed by atoms with van der Waals surface area (Å²) in [6.45, 7) is 0. The summed E-state index contributed by atoms with van der Waals surface area (Å²) in [4.78, 5) is 0. The highest BCUT2D eigenvalue weighted by Crippen LogP contribution is 2.43. The van der Waals surface area contributed by atoms with E-state index in [1.165, 1.54) is 11.5 Å². The normalized spacial score (nSPS) is 37.5. The highest BCUT2D eigenvalue weighted by Gasteiger charge is 2.45. The van der Waals surface area contributed by atoms with Crippen LogP contribution < -0.4 is 0 Å². The van der Waals surface area contributed by atoms with Crippen molar-refractivity contribution >= 4 is 23.5 Å². The second kappa shape index (κ2) is 3.78. The van der Waals surface area contributed by atoms with Crippen molar-refractivity contribution in [1.82, 2.24) is 0 Å². The third-order valence-corrected chi connectivity index (χ3v) is 4.29. The van der Waals surface area contributed by atoms with E-state index in [4.69, 9.17) is 9.47 Å². The molecule has 2 fully saturated rings. The molecule has 0 N–H and O–H groups in total. The molecule has 2 nitrogen and oxygen atoms in total. The standard InChI is InChI=1S/C8H14O2S2/c1-9-7(5-3-11-5)8(10-2)6-4-12-6/h5-8H,3-4H2,1-2H3/t5-,6+,7-,8+. The van der Waals surface area contributed by atoms with E-state index in [2.05, 4.69) is 0 Å². The van der Waals surface area contributed by atoms with Gasteiger partial charge in [-0.25, -0.2) is 0 Å². The average Bonchev–Trinajstić information content (AvgIpc) is 2.85. The van der Waals surface area contributed by atoms with Gasteiger partial charge in [0, 0.05) is 36.2 Å². The minimum absolute atomic E-state index is 0.319. The first-order chi connectivity index (χ1) is 5.86. The van der Waals surface area contributed by atoms with Gasteiger partial charge in [0.05, 0.1) is 12.2 Å². The summed E-state index contributed by atoms with van der Waals surface area (Å²) in [5.74, 6) is 2.49. The van der Waals surface area contributed by atoms with Gasteiger partial charge >= 0.3 is 0 Å². The lowest BCUT2D eigenvalue weighted by Gasteiger charge is -2.22. The van der Waals surface area contributed by atoms with Crippen molar-refractivity contribution in [3.63, 3.8) is 0 Å². The first-order valence-electron chi connectivity index (χ1n) is 4.15. The largest absolute Gasteiger partial charge is 0.378 e. The van der Waals surface area contributed by atoms with Gasteiger partial charge in [-0.1, -0.05) is 0 Å². The van der Waals surface area contributed by atoms with E-state index in [-0.39, 0.29) is 0 Å². The third kappa shape index (κ3) is 1.92. The Bertz CT molecular complexity index is 139. The van der Waals surface area contributed by atoms with Crippen LogP contribution in [0.15, 0.2) is 0 Å². The molecule has 2 aliphatic heterocycles. The molecule has 0 radical (unpaired) electrons. The van der Waals surface area contributed by atoms with Crippen LogP contribution in [0.5, 0.6) is 0 Å². The molecule has 0 aromatic rings. The second-order valence-corrected chi connectivity index (χ2v) is 5.69. The number of rotatable bonds is 5. The first-order valence-corrected chi connectivity index (χ1v) is 6.25. The zero-order valence-corrected chi connectivity index (χ0v) is 8.99. The molecule has 12 heavy (non-hydrogen) atoms. The zero-order valence-electron chi connectivity index (χ0n) is 7.36. The summed E-state index contributed by atoms with van der Waals surface area (Å²) < 4.78 is 10.9. The van der Waals surface area contributed by atoms with Crippen LogP contribution in [-0.2, 0) is 9.47 Å². The predicted octanol–water partition coefficient (Wildman–Crippen LogP) is 1.25. The molecular formula is C8H14O2S2. The number of methoxy groups -OCH3 is 2. The van der Waals surface area contributed by atoms with Crippen LogP contribution >= 0.6 is 23.5 Å². The molecule has 0 aliphatic carbocycles. The molecule has 4 heteroatoms. The fourth-order valence-corrected chi connectivity index (χ4v) is 3.00. The molecule has 0 aromatic carbocycles. The molecular weight excluding hydrogens is 192 g/mol. The Morgan fingerprint density at radius 1 is 1.00 bits per heavy atom. The fraction of sp³-hybridized carbons (Fsp3) is 1.00. The lowest BCUT2D eigenvalue weighted by Crippen LogP contribution is -2.37. The van der Waals surface area contributed by atoms with Crippen molar-refractivity contribution in [1.29, 1.82) is 0 Å². The van der Waals surface area contributed by atoms with Gasteiger partial charge < -0.3 is 9.47 Å². The maximum atomic E-state index is 5.47. The van der Waals surface area contributed by atoms with E-state index in [1.54, 1.807) is 14.2 Å². The van der Waals surface area contributed by atoms with Crippen molar-refractivity contribution in [2.75, 3.05) is 25.7 Å². The smallest absolute Gasteiger partial charge is 0.0970 e. The molecule has 0 bridgehead atoms. The van der Waals surface area contributed by atoms with Gasteiger partial charge in [-0.15, -0.1) is 0 Å². The van der Waals surface area contributed by atoms with E-state index in [0.717, 1.165) is 0 Å². The fourth-order valence-electron chi connectivity index (χ4n) is 1.49. The van der Waals surface area contributed by atoms with E-state index in [0.29, 0.717) is 22.7 Å². The maximum absolute atomic E-state index is 5.47. The van der Waals surface area contributed by atoms with E-state index in [9.17, 15) is 0 Å². The number of hydrogen-bond donors (Lipinski definition) is 0. The summed E-state index contributed by atoms with van der Waals surface area (Å²) in [5.41, 5.74) is 0. The lowest BCUT2D eigenvalue weighted by atomic mass is 10.1. The van der Waals surface area contributed by atoms with Crippen molar-refractivity contribution in [3.05, 3.63) is 0 Å². The molecule has 0 amide bonds. The lowest BCUT2D eigenvalue weighted by molar-refractivity contribution is -0.0256. The monoisotopic (exact) mass is 206 g/mol. The van der Waals surface area contributed by atoms with E-state index >= 15 is 0 Å². The summed E-state index contributed by atoms with van der Waals surface area (Å²) in [6.07, 6.45) is 0.639. The summed E-state index contributed by atoms with van der Waals surface area (Å²) in [7, 11) is 3.59. The van der Waals surface area contributed by atoms with Crippen molar-refractivity contribution in [2.24, 2.45) is 0 Å². The Balaban J connectivity index is 1.91. The molecule has 2 aliphatic rings. The minimum Gasteiger partial charge on any atom is -0.378 e. The average molecular weight is 206 g/mol. The van der Waals surface area contributed by atoms with Crippen LogP contribution in [0.3, 0.4) is 0 Å². The zero-order chi connectivity index (χ0) is 8.55. The molecule has 0 unspecified atom stereocenters. The molecule has 0 saturated carbocycles. The van der Waals surface area contributed by atoms with Crippen LogP contribution in [0.2, 0.25) is 0 Å². The number of ether oxygens (including phenoxy) is 2. The second-order valence-electron chi connectivity index (χ2n) is 3.14. The molecule has 2 rings (SSSR count). The Morgan fingerprint density at radius 2 is 1.33 bits per heavy atom. The van der Waals surface area contributed by atoms with Crippen LogP contribution in [-0.4, -0.2) is 48.4 Å². The van der Waals surface area contributed by atoms with Crippen LogP contribution in [0.1, 0.15) is 0 Å². The van der Waals surface area contributed by atoms with Gasteiger partial charge in [0.25, 0.3) is 0 Å². The quantitative estimate of drug-likeness (QED) is 0.630. The predicted molar refractivity (Wildman–Crippen MR) is 54.1 cm³/mol. The minimum atomic E-state index is 0.319. The van der Waals surface area contributed by atoms with Crippen LogP contribution in [0.25, 0.3) is 0 Å². The van der Waals surface area contributed by atoms with Gasteiger partial charge in [0.1, 0.15) is 0 Å². The molecule has 0 spiro atoms. The highest BCUT2D eigenvalue weighted by molar-refractivity contribution is 8.07. The summed E-state index contributed by atoms with van der Waals surface area (Å²) >= 11 is 3.95. The first kappa shape index (κ1) is 9.19.